The molecule has 1 heterocycles. The number of carbonyl (C=O) groups is 1. The molecule has 0 unspecified atom stereocenters. The molecule has 0 aliphatic rings. The molecule has 2 N–H and O–H groups in total. The lowest BCUT2D eigenvalue weighted by Gasteiger charge is -2.06. The minimum absolute atomic E-state index is 0.0204. The molecular formula is C15H13ClN2O3. The first kappa shape index (κ1) is 15.1. The molecule has 5 nitrogen and oxygen atoms in total. The van der Waals surface area contributed by atoms with Gasteiger partial charge in [0, 0.05) is 23.1 Å². The third-order valence-electron chi connectivity index (χ3n) is 2.55. The van der Waals surface area contributed by atoms with Crippen LogP contribution < -0.4 is 5.32 Å². The molecule has 2 aromatic rings. The van der Waals surface area contributed by atoms with E-state index in [0.717, 1.165) is 0 Å². The van der Waals surface area contributed by atoms with E-state index in [-0.39, 0.29) is 18.2 Å². The van der Waals surface area contributed by atoms with E-state index in [1.54, 1.807) is 31.2 Å². The van der Waals surface area contributed by atoms with E-state index in [1.165, 1.54) is 0 Å². The summed E-state index contributed by atoms with van der Waals surface area (Å²) in [6.07, 6.45) is 0.350. The molecule has 0 radical (unpaired) electrons. The molecule has 1 aromatic carbocycles. The maximum Gasteiger partial charge on any atom is 0.277 e. The van der Waals surface area contributed by atoms with Gasteiger partial charge in [-0.1, -0.05) is 28.6 Å². The van der Waals surface area contributed by atoms with E-state index >= 15 is 0 Å². The van der Waals surface area contributed by atoms with Gasteiger partial charge in [0.1, 0.15) is 5.76 Å². The number of nitrogens with one attached hydrogen (secondary N) is 1. The number of carbonyl (C=O) groups excluding carboxylic acids is 1. The summed E-state index contributed by atoms with van der Waals surface area (Å²) in [5, 5.41) is 15.6. The van der Waals surface area contributed by atoms with Crippen molar-refractivity contribution in [1.29, 1.82) is 0 Å². The molecule has 0 fully saturated rings. The van der Waals surface area contributed by atoms with Gasteiger partial charge in [-0.25, -0.2) is 0 Å². The number of halogens is 1. The van der Waals surface area contributed by atoms with Crippen molar-refractivity contribution in [2.75, 3.05) is 11.9 Å². The van der Waals surface area contributed by atoms with Crippen LogP contribution in [0.4, 0.5) is 5.69 Å². The lowest BCUT2D eigenvalue weighted by Crippen LogP contribution is -2.13. The molecule has 0 aliphatic heterocycles. The molecule has 108 valence electrons. The highest BCUT2D eigenvalue weighted by molar-refractivity contribution is 6.30. The van der Waals surface area contributed by atoms with Crippen LogP contribution in [0.25, 0.3) is 0 Å². The molecule has 0 saturated heterocycles. The second kappa shape index (κ2) is 6.93. The summed E-state index contributed by atoms with van der Waals surface area (Å²) in [5.74, 6) is 5.82. The van der Waals surface area contributed by atoms with E-state index in [0.29, 0.717) is 28.5 Å². The summed E-state index contributed by atoms with van der Waals surface area (Å²) in [5.41, 5.74) is 1.29. The molecule has 1 amide bonds. The zero-order valence-electron chi connectivity index (χ0n) is 11.3. The quantitative estimate of drug-likeness (QED) is 0.855. The Morgan fingerprint density at radius 3 is 2.95 bits per heavy atom. The molecular weight excluding hydrogens is 292 g/mol. The second-order valence-electron chi connectivity index (χ2n) is 4.24. The molecule has 21 heavy (non-hydrogen) atoms. The number of aryl methyl sites for hydroxylation is 1. The largest absolute Gasteiger partial charge is 0.395 e. The molecule has 6 heteroatoms. The van der Waals surface area contributed by atoms with Gasteiger partial charge in [0.05, 0.1) is 12.3 Å². The van der Waals surface area contributed by atoms with Crippen LogP contribution in [0.15, 0.2) is 28.8 Å². The average molecular weight is 305 g/mol. The van der Waals surface area contributed by atoms with Crippen LogP contribution in [0.2, 0.25) is 5.02 Å². The smallest absolute Gasteiger partial charge is 0.277 e. The van der Waals surface area contributed by atoms with Crippen molar-refractivity contribution in [3.8, 4) is 11.8 Å². The normalized spacial score (nSPS) is 9.86. The van der Waals surface area contributed by atoms with Gasteiger partial charge in [-0.2, -0.15) is 0 Å². The fraction of sp³-hybridized carbons (Fsp3) is 0.200. The van der Waals surface area contributed by atoms with Gasteiger partial charge in [-0.05, 0) is 25.1 Å². The number of aliphatic hydroxyl groups is 1. The Kier molecular flexibility index (Phi) is 4.99. The summed E-state index contributed by atoms with van der Waals surface area (Å²) in [6, 6.07) is 6.51. The number of nitrogens with zero attached hydrogens (tertiary/aromatic N) is 1. The average Bonchev–Trinajstić information content (AvgIpc) is 2.88. The van der Waals surface area contributed by atoms with E-state index in [2.05, 4.69) is 22.3 Å². The molecule has 2 rings (SSSR count). The fourth-order valence-corrected chi connectivity index (χ4v) is 1.77. The fourth-order valence-electron chi connectivity index (χ4n) is 1.60. The predicted octanol–water partition coefficient (Wildman–Crippen LogP) is 2.62. The van der Waals surface area contributed by atoms with Gasteiger partial charge >= 0.3 is 0 Å². The highest BCUT2D eigenvalue weighted by atomic mass is 35.5. The number of rotatable bonds is 3. The standard InChI is InChI=1S/C15H13ClN2O3/c1-10-8-14(18-21-10)15(20)17-13-6-5-12(16)9-11(13)4-2-3-7-19/h5-6,8-9,19H,3,7H2,1H3,(H,17,20). The van der Waals surface area contributed by atoms with Gasteiger partial charge in [0.2, 0.25) is 0 Å². The Labute approximate surface area is 126 Å². The van der Waals surface area contributed by atoms with E-state index in [1.807, 2.05) is 0 Å². The molecule has 1 aromatic heterocycles. The van der Waals surface area contributed by atoms with Crippen LogP contribution in [0.5, 0.6) is 0 Å². The topological polar surface area (TPSA) is 75.4 Å². The van der Waals surface area contributed by atoms with Crippen LogP contribution in [0, 0.1) is 18.8 Å². The first-order valence-electron chi connectivity index (χ1n) is 6.24. The van der Waals surface area contributed by atoms with Crippen LogP contribution >= 0.6 is 11.6 Å². The van der Waals surface area contributed by atoms with Crippen LogP contribution in [0.1, 0.15) is 28.2 Å². The number of amides is 1. The number of aromatic nitrogens is 1. The van der Waals surface area contributed by atoms with Gasteiger partial charge in [-0.15, -0.1) is 0 Å². The Bertz CT molecular complexity index is 713. The van der Waals surface area contributed by atoms with E-state index < -0.39 is 0 Å². The van der Waals surface area contributed by atoms with Crippen LogP contribution in [0.3, 0.4) is 0 Å². The first-order valence-corrected chi connectivity index (χ1v) is 6.62. The van der Waals surface area contributed by atoms with Crippen molar-refractivity contribution < 1.29 is 14.4 Å². The van der Waals surface area contributed by atoms with Gasteiger partial charge in [0.15, 0.2) is 5.69 Å². The highest BCUT2D eigenvalue weighted by Gasteiger charge is 2.12. The Morgan fingerprint density at radius 2 is 2.29 bits per heavy atom. The predicted molar refractivity (Wildman–Crippen MR) is 79.2 cm³/mol. The first-order chi connectivity index (χ1) is 10.1. The lowest BCUT2D eigenvalue weighted by atomic mass is 10.1. The van der Waals surface area contributed by atoms with Crippen molar-refractivity contribution in [1.82, 2.24) is 5.16 Å². The monoisotopic (exact) mass is 304 g/mol. The van der Waals surface area contributed by atoms with Crippen LogP contribution in [-0.4, -0.2) is 22.8 Å². The van der Waals surface area contributed by atoms with Crippen molar-refractivity contribution in [2.45, 2.75) is 13.3 Å². The third kappa shape index (κ3) is 4.09. The highest BCUT2D eigenvalue weighted by Crippen LogP contribution is 2.20. The van der Waals surface area contributed by atoms with E-state index in [9.17, 15) is 4.79 Å². The summed E-state index contributed by atoms with van der Waals surface area (Å²) in [6.45, 7) is 1.69. The zero-order chi connectivity index (χ0) is 15.2. The number of aliphatic hydroxyl groups excluding tert-OH is 1. The summed E-state index contributed by atoms with van der Waals surface area (Å²) >= 11 is 5.93. The Balaban J connectivity index is 2.23. The van der Waals surface area contributed by atoms with Crippen LogP contribution in [-0.2, 0) is 0 Å². The van der Waals surface area contributed by atoms with Gasteiger partial charge in [0.25, 0.3) is 5.91 Å². The Morgan fingerprint density at radius 1 is 1.48 bits per heavy atom. The maximum atomic E-state index is 12.0. The lowest BCUT2D eigenvalue weighted by molar-refractivity contribution is 0.101. The molecule has 0 saturated carbocycles. The maximum absolute atomic E-state index is 12.0. The molecule has 0 aliphatic carbocycles. The van der Waals surface area contributed by atoms with Gasteiger partial charge in [-0.3, -0.25) is 4.79 Å². The summed E-state index contributed by atoms with van der Waals surface area (Å²) in [7, 11) is 0. The molecule has 0 bridgehead atoms. The third-order valence-corrected chi connectivity index (χ3v) is 2.79. The minimum Gasteiger partial charge on any atom is -0.395 e. The van der Waals surface area contributed by atoms with Crippen molar-refractivity contribution in [2.24, 2.45) is 0 Å². The zero-order valence-corrected chi connectivity index (χ0v) is 12.1. The SMILES string of the molecule is Cc1cc(C(=O)Nc2ccc(Cl)cc2C#CCCO)no1. The molecule has 0 atom stereocenters. The molecule has 0 spiro atoms. The van der Waals surface area contributed by atoms with Crippen molar-refractivity contribution >= 4 is 23.2 Å². The Hall–Kier alpha value is -2.29. The number of hydrogen-bond donors (Lipinski definition) is 2. The van der Waals surface area contributed by atoms with Gasteiger partial charge < -0.3 is 14.9 Å². The second-order valence-corrected chi connectivity index (χ2v) is 4.68. The summed E-state index contributed by atoms with van der Waals surface area (Å²) < 4.78 is 4.86. The summed E-state index contributed by atoms with van der Waals surface area (Å²) in [4.78, 5) is 12.0. The minimum atomic E-state index is -0.389. The van der Waals surface area contributed by atoms with E-state index in [4.69, 9.17) is 21.2 Å². The number of anilines is 1. The van der Waals surface area contributed by atoms with Crippen molar-refractivity contribution in [3.05, 3.63) is 46.3 Å². The van der Waals surface area contributed by atoms with Crippen molar-refractivity contribution in [3.63, 3.8) is 0 Å². The number of hydrogen-bond acceptors (Lipinski definition) is 4. The number of benzene rings is 1.